The van der Waals surface area contributed by atoms with E-state index >= 15 is 0 Å². The third-order valence-electron chi connectivity index (χ3n) is 18.5. The van der Waals surface area contributed by atoms with Crippen LogP contribution < -0.4 is 0 Å². The lowest BCUT2D eigenvalue weighted by Gasteiger charge is -2.21. The van der Waals surface area contributed by atoms with Crippen LogP contribution in [0.2, 0.25) is 0 Å². The first-order valence-corrected chi connectivity index (χ1v) is 44.0. The Morgan fingerprint density at radius 2 is 0.469 bits per heavy atom. The molecule has 0 spiro atoms. The van der Waals surface area contributed by atoms with E-state index in [1.54, 1.807) is 0 Å². The molecule has 98 heavy (non-hydrogen) atoms. The van der Waals surface area contributed by atoms with Crippen molar-refractivity contribution in [3.05, 3.63) is 0 Å². The Kier molecular flexibility index (Phi) is 69.3. The summed E-state index contributed by atoms with van der Waals surface area (Å²) in [6, 6.07) is 0. The summed E-state index contributed by atoms with van der Waals surface area (Å²) in [5.41, 5.74) is 0. The first kappa shape index (κ1) is 96.1. The molecule has 0 bridgehead atoms. The lowest BCUT2D eigenvalue weighted by Crippen LogP contribution is -2.30. The van der Waals surface area contributed by atoms with Crippen LogP contribution in [0.25, 0.3) is 0 Å². The average molecular weight is 1440 g/mol. The summed E-state index contributed by atoms with van der Waals surface area (Å²) in [7, 11) is -9.91. The van der Waals surface area contributed by atoms with E-state index in [0.717, 1.165) is 108 Å². The average Bonchev–Trinajstić information content (AvgIpc) is 1.02. The van der Waals surface area contributed by atoms with Crippen molar-refractivity contribution in [1.82, 2.24) is 0 Å². The number of aliphatic hydroxyl groups is 1. The van der Waals surface area contributed by atoms with Crippen molar-refractivity contribution in [3.8, 4) is 0 Å². The highest BCUT2D eigenvalue weighted by molar-refractivity contribution is 7.47. The quantitative estimate of drug-likeness (QED) is 0.0222. The van der Waals surface area contributed by atoms with Gasteiger partial charge in [-0.05, 0) is 37.5 Å². The summed E-state index contributed by atoms with van der Waals surface area (Å²) in [4.78, 5) is 72.7. The lowest BCUT2D eigenvalue weighted by atomic mass is 10.0. The fourth-order valence-corrected chi connectivity index (χ4v) is 13.8. The summed E-state index contributed by atoms with van der Waals surface area (Å²) in [5.74, 6) is -0.513. The van der Waals surface area contributed by atoms with Gasteiger partial charge in [-0.25, -0.2) is 9.13 Å². The normalized spacial score (nSPS) is 13.9. The number of hydrogen-bond acceptors (Lipinski definition) is 15. The van der Waals surface area contributed by atoms with Crippen molar-refractivity contribution in [2.75, 3.05) is 39.6 Å². The molecule has 0 aromatic carbocycles. The van der Waals surface area contributed by atoms with E-state index < -0.39 is 97.5 Å². The van der Waals surface area contributed by atoms with Crippen LogP contribution in [0.3, 0.4) is 0 Å². The highest BCUT2D eigenvalue weighted by atomic mass is 31.2. The summed E-state index contributed by atoms with van der Waals surface area (Å²) in [6.07, 6.45) is 60.1. The first-order chi connectivity index (χ1) is 47.4. The number of unbranched alkanes of at least 4 members (excludes halogenated alkanes) is 48. The molecule has 19 heteroatoms. The molecule has 17 nitrogen and oxygen atoms in total. The fraction of sp³-hybridized carbons (Fsp3) is 0.949. The number of aliphatic hydroxyl groups excluding tert-OH is 1. The first-order valence-electron chi connectivity index (χ1n) is 41.0. The molecule has 0 aliphatic rings. The number of ether oxygens (including phenoxy) is 4. The molecule has 0 saturated heterocycles. The third-order valence-corrected chi connectivity index (χ3v) is 20.4. The zero-order valence-electron chi connectivity index (χ0n) is 64.1. The maximum Gasteiger partial charge on any atom is 0.472 e. The summed E-state index contributed by atoms with van der Waals surface area (Å²) in [5, 5.41) is 10.6. The zero-order valence-corrected chi connectivity index (χ0v) is 65.9. The highest BCUT2D eigenvalue weighted by Gasteiger charge is 2.30. The Bertz CT molecular complexity index is 1890. The lowest BCUT2D eigenvalue weighted by molar-refractivity contribution is -0.161. The molecule has 582 valence electrons. The molecule has 2 unspecified atom stereocenters. The van der Waals surface area contributed by atoms with E-state index in [2.05, 4.69) is 41.5 Å². The van der Waals surface area contributed by atoms with Crippen LogP contribution in [0.4, 0.5) is 0 Å². The number of hydrogen-bond donors (Lipinski definition) is 3. The maximum absolute atomic E-state index is 13.1. The minimum absolute atomic E-state index is 0.108. The van der Waals surface area contributed by atoms with E-state index in [4.69, 9.17) is 37.0 Å². The Labute approximate surface area is 600 Å². The monoisotopic (exact) mass is 1440 g/mol. The molecular weight excluding hydrogens is 1280 g/mol. The van der Waals surface area contributed by atoms with E-state index in [-0.39, 0.29) is 25.7 Å². The molecular formula is C79H154O17P2. The van der Waals surface area contributed by atoms with Crippen LogP contribution in [0.1, 0.15) is 414 Å². The minimum Gasteiger partial charge on any atom is -0.462 e. The predicted octanol–water partition coefficient (Wildman–Crippen LogP) is 23.5. The van der Waals surface area contributed by atoms with Gasteiger partial charge in [-0.2, -0.15) is 0 Å². The van der Waals surface area contributed by atoms with E-state index in [1.165, 1.54) is 225 Å². The molecule has 3 N–H and O–H groups in total. The van der Waals surface area contributed by atoms with Crippen molar-refractivity contribution in [2.24, 2.45) is 11.8 Å². The summed E-state index contributed by atoms with van der Waals surface area (Å²) in [6.45, 7) is 9.59. The van der Waals surface area contributed by atoms with E-state index in [0.29, 0.717) is 25.7 Å². The third kappa shape index (κ3) is 72.4. The number of esters is 4. The summed E-state index contributed by atoms with van der Waals surface area (Å²) < 4.78 is 68.4. The van der Waals surface area contributed by atoms with Crippen molar-refractivity contribution >= 4 is 39.5 Å². The molecule has 0 heterocycles. The number of carbonyl (C=O) groups is 4. The predicted molar refractivity (Wildman–Crippen MR) is 400 cm³/mol. The van der Waals surface area contributed by atoms with Crippen molar-refractivity contribution in [1.29, 1.82) is 0 Å². The van der Waals surface area contributed by atoms with Crippen LogP contribution in [0.15, 0.2) is 0 Å². The number of carbonyl (C=O) groups excluding carboxylic acids is 4. The van der Waals surface area contributed by atoms with E-state index in [9.17, 15) is 43.2 Å². The Morgan fingerprint density at radius 3 is 0.694 bits per heavy atom. The molecule has 0 amide bonds. The second kappa shape index (κ2) is 70.7. The molecule has 0 aromatic heterocycles. The topological polar surface area (TPSA) is 237 Å². The second-order valence-corrected chi connectivity index (χ2v) is 32.3. The largest absolute Gasteiger partial charge is 0.472 e. The molecule has 0 aromatic rings. The van der Waals surface area contributed by atoms with Gasteiger partial charge < -0.3 is 33.8 Å². The van der Waals surface area contributed by atoms with Crippen molar-refractivity contribution < 1.29 is 80.2 Å². The van der Waals surface area contributed by atoms with Crippen molar-refractivity contribution in [3.63, 3.8) is 0 Å². The molecule has 0 aliphatic carbocycles. The minimum atomic E-state index is -4.96. The zero-order chi connectivity index (χ0) is 72.1. The molecule has 0 fully saturated rings. The van der Waals surface area contributed by atoms with Crippen LogP contribution >= 0.6 is 15.6 Å². The number of rotatable bonds is 78. The fourth-order valence-electron chi connectivity index (χ4n) is 12.2. The van der Waals surface area contributed by atoms with Crippen LogP contribution in [0.5, 0.6) is 0 Å². The standard InChI is InChI=1S/C79H154O17P2/c1-7-9-11-13-14-15-16-17-18-19-24-30-35-40-45-51-57-63-78(83)95-74(67-89-76(81)61-55-47-12-10-8-2)69-93-97(85,86)91-65-73(80)66-92-98(87,88)94-70-75(96-79(84)64-58-52-46-41-36-31-26-21-23-28-33-38-43-49-54-60-72(5)6)68-90-77(82)62-56-50-44-39-34-29-25-20-22-27-32-37-42-48-53-59-71(3)4/h71-75,80H,7-70H2,1-6H3,(H,85,86)(H,87,88)/t73-,74+,75+/m0/s1. The van der Waals surface area contributed by atoms with Crippen LogP contribution in [-0.2, 0) is 65.4 Å². The second-order valence-electron chi connectivity index (χ2n) is 29.4. The van der Waals surface area contributed by atoms with Gasteiger partial charge in [0, 0.05) is 25.7 Å². The van der Waals surface area contributed by atoms with Gasteiger partial charge in [-0.15, -0.1) is 0 Å². The maximum atomic E-state index is 13.1. The van der Waals surface area contributed by atoms with Gasteiger partial charge in [0.2, 0.25) is 0 Å². The van der Waals surface area contributed by atoms with E-state index in [1.807, 2.05) is 0 Å². The van der Waals surface area contributed by atoms with Gasteiger partial charge in [0.1, 0.15) is 19.3 Å². The Hall–Kier alpha value is -1.94. The Morgan fingerprint density at radius 1 is 0.276 bits per heavy atom. The van der Waals surface area contributed by atoms with Gasteiger partial charge in [0.25, 0.3) is 0 Å². The highest BCUT2D eigenvalue weighted by Crippen LogP contribution is 2.45. The molecule has 0 saturated carbocycles. The number of phosphoric acid groups is 2. The SMILES string of the molecule is CCCCCCCCCCCCCCCCCCCC(=O)O[C@H](COC(=O)CCCCCCC)COP(=O)(O)OC[C@H](O)COP(=O)(O)OC[C@@H](COC(=O)CCCCCCCCCCCCCCCCCC(C)C)OC(=O)CCCCCCCCCCCCCCCCCC(C)C. The van der Waals surface area contributed by atoms with Gasteiger partial charge in [-0.3, -0.25) is 37.3 Å². The smallest absolute Gasteiger partial charge is 0.462 e. The van der Waals surface area contributed by atoms with Crippen molar-refractivity contribution in [2.45, 2.75) is 432 Å². The Balaban J connectivity index is 5.12. The van der Waals surface area contributed by atoms with Gasteiger partial charge in [-0.1, -0.05) is 363 Å². The molecule has 0 aliphatic heterocycles. The summed E-state index contributed by atoms with van der Waals surface area (Å²) >= 11 is 0. The number of phosphoric ester groups is 2. The molecule has 0 radical (unpaired) electrons. The van der Waals surface area contributed by atoms with Crippen LogP contribution in [0, 0.1) is 11.8 Å². The van der Waals surface area contributed by atoms with Gasteiger partial charge in [0.05, 0.1) is 26.4 Å². The molecule has 5 atom stereocenters. The van der Waals surface area contributed by atoms with Gasteiger partial charge >= 0.3 is 39.5 Å². The van der Waals surface area contributed by atoms with Crippen LogP contribution in [-0.4, -0.2) is 96.7 Å². The van der Waals surface area contributed by atoms with Gasteiger partial charge in [0.15, 0.2) is 12.2 Å². The molecule has 0 rings (SSSR count).